The van der Waals surface area contributed by atoms with Crippen molar-refractivity contribution in [1.82, 2.24) is 19.1 Å². The van der Waals surface area contributed by atoms with Crippen LogP contribution in [0.4, 0.5) is 5.82 Å². The Kier molecular flexibility index (Phi) is 4.60. The maximum absolute atomic E-state index is 13.0. The number of hydrogen-bond donors (Lipinski definition) is 2. The first-order valence-electron chi connectivity index (χ1n) is 9.18. The number of H-pyrrole nitrogens is 1. The fourth-order valence-corrected chi connectivity index (χ4v) is 3.78. The molecule has 2 aromatic heterocycles. The van der Waals surface area contributed by atoms with Gasteiger partial charge in [0.2, 0.25) is 0 Å². The number of nitrogens with one attached hydrogen (secondary N) is 1. The van der Waals surface area contributed by atoms with Crippen LogP contribution in [0.25, 0.3) is 10.9 Å². The maximum atomic E-state index is 13.0. The predicted octanol–water partition coefficient (Wildman–Crippen LogP) is 0.117. The van der Waals surface area contributed by atoms with Gasteiger partial charge in [-0.3, -0.25) is 23.7 Å². The maximum Gasteiger partial charge on any atom is 0.329 e. The fraction of sp³-hybridized carbons (Fsp3) is 0.368. The summed E-state index contributed by atoms with van der Waals surface area (Å²) in [6.45, 7) is 0.557. The second-order valence-electron chi connectivity index (χ2n) is 6.88. The number of benzene rings is 1. The van der Waals surface area contributed by atoms with Gasteiger partial charge in [-0.2, -0.15) is 0 Å². The van der Waals surface area contributed by atoms with Crippen molar-refractivity contribution in [2.75, 3.05) is 18.1 Å². The van der Waals surface area contributed by atoms with Gasteiger partial charge in [-0.05, 0) is 25.0 Å². The van der Waals surface area contributed by atoms with E-state index >= 15 is 0 Å². The van der Waals surface area contributed by atoms with Crippen molar-refractivity contribution in [1.29, 1.82) is 0 Å². The Bertz CT molecular complexity index is 1180. The van der Waals surface area contributed by atoms with E-state index in [-0.39, 0.29) is 24.8 Å². The molecule has 1 aliphatic rings. The van der Waals surface area contributed by atoms with E-state index in [2.05, 4.69) is 4.98 Å². The Balaban J connectivity index is 1.89. The largest absolute Gasteiger partial charge is 0.395 e. The highest BCUT2D eigenvalue weighted by molar-refractivity contribution is 5.77. The third-order valence-corrected chi connectivity index (χ3v) is 5.21. The molecule has 146 valence electrons. The minimum absolute atomic E-state index is 0.128. The zero-order valence-corrected chi connectivity index (χ0v) is 15.5. The smallest absolute Gasteiger partial charge is 0.329 e. The standard InChI is InChI=1S/C19H21N5O4/c1-22-16(26)11-15(21-19(22)28)23-8-4-7-14(23)17-20-13-6-3-2-5-12(13)18(27)24(17)9-10-25/h2-3,5-6,11,14,25H,4,7-10H2,1H3,(H,21,28). The number of aromatic amines is 1. The van der Waals surface area contributed by atoms with Crippen LogP contribution in [0.1, 0.15) is 24.7 Å². The highest BCUT2D eigenvalue weighted by Crippen LogP contribution is 2.33. The minimum Gasteiger partial charge on any atom is -0.395 e. The highest BCUT2D eigenvalue weighted by Gasteiger charge is 2.31. The Morgan fingerprint density at radius 2 is 2.04 bits per heavy atom. The van der Waals surface area contributed by atoms with Crippen LogP contribution in [-0.4, -0.2) is 37.4 Å². The van der Waals surface area contributed by atoms with Crippen LogP contribution in [-0.2, 0) is 13.6 Å². The number of para-hydroxylation sites is 1. The van der Waals surface area contributed by atoms with E-state index in [0.717, 1.165) is 11.0 Å². The number of anilines is 1. The number of nitrogens with zero attached hydrogens (tertiary/aromatic N) is 4. The third-order valence-electron chi connectivity index (χ3n) is 5.21. The summed E-state index contributed by atoms with van der Waals surface area (Å²) in [4.78, 5) is 46.4. The number of rotatable bonds is 4. The molecule has 1 unspecified atom stereocenters. The Hall–Kier alpha value is -3.20. The molecular formula is C19H21N5O4. The number of aromatic nitrogens is 4. The first kappa shape index (κ1) is 18.2. The molecule has 3 aromatic rings. The lowest BCUT2D eigenvalue weighted by Gasteiger charge is -2.27. The summed E-state index contributed by atoms with van der Waals surface area (Å²) in [5.41, 5.74) is -0.518. The van der Waals surface area contributed by atoms with E-state index in [9.17, 15) is 19.5 Å². The van der Waals surface area contributed by atoms with Gasteiger partial charge in [-0.15, -0.1) is 0 Å². The van der Waals surface area contributed by atoms with Crippen LogP contribution in [0.15, 0.2) is 44.7 Å². The molecule has 1 atom stereocenters. The van der Waals surface area contributed by atoms with Crippen LogP contribution in [0, 0.1) is 0 Å². The molecular weight excluding hydrogens is 362 g/mol. The van der Waals surface area contributed by atoms with E-state index in [1.54, 1.807) is 18.2 Å². The average molecular weight is 383 g/mol. The Morgan fingerprint density at radius 1 is 1.25 bits per heavy atom. The average Bonchev–Trinajstić information content (AvgIpc) is 3.17. The van der Waals surface area contributed by atoms with Crippen molar-refractivity contribution in [3.8, 4) is 0 Å². The zero-order valence-electron chi connectivity index (χ0n) is 15.5. The SMILES string of the molecule is Cn1c(=O)cc(N2CCCC2c2nc3ccccc3c(=O)n2CCO)[nH]c1=O. The topological polar surface area (TPSA) is 113 Å². The van der Waals surface area contributed by atoms with Gasteiger partial charge in [-0.1, -0.05) is 12.1 Å². The molecule has 0 amide bonds. The molecule has 0 radical (unpaired) electrons. The summed E-state index contributed by atoms with van der Waals surface area (Å²) in [6, 6.07) is 8.19. The van der Waals surface area contributed by atoms with Crippen molar-refractivity contribution in [2.45, 2.75) is 25.4 Å². The van der Waals surface area contributed by atoms with Crippen molar-refractivity contribution in [2.24, 2.45) is 7.05 Å². The summed E-state index contributed by atoms with van der Waals surface area (Å²) < 4.78 is 2.50. The van der Waals surface area contributed by atoms with Crippen LogP contribution >= 0.6 is 0 Å². The first-order chi connectivity index (χ1) is 13.5. The third kappa shape index (κ3) is 2.93. The number of aliphatic hydroxyl groups excluding tert-OH is 1. The molecule has 1 fully saturated rings. The normalized spacial score (nSPS) is 16.8. The minimum atomic E-state index is -0.493. The second kappa shape index (κ2) is 7.08. The van der Waals surface area contributed by atoms with Crippen molar-refractivity contribution >= 4 is 16.7 Å². The molecule has 2 N–H and O–H groups in total. The molecule has 1 aromatic carbocycles. The summed E-state index contributed by atoms with van der Waals surface area (Å²) in [6.07, 6.45) is 1.54. The molecule has 1 aliphatic heterocycles. The van der Waals surface area contributed by atoms with Gasteiger partial charge in [0, 0.05) is 19.7 Å². The molecule has 4 rings (SSSR count). The molecule has 9 heteroatoms. The zero-order chi connectivity index (χ0) is 19.8. The van der Waals surface area contributed by atoms with Crippen molar-refractivity contribution in [3.05, 3.63) is 67.3 Å². The van der Waals surface area contributed by atoms with Gasteiger partial charge >= 0.3 is 5.69 Å². The molecule has 0 bridgehead atoms. The molecule has 0 spiro atoms. The molecule has 0 aliphatic carbocycles. The summed E-state index contributed by atoms with van der Waals surface area (Å²) in [7, 11) is 1.41. The lowest BCUT2D eigenvalue weighted by Crippen LogP contribution is -2.37. The Morgan fingerprint density at radius 3 is 2.79 bits per heavy atom. The van der Waals surface area contributed by atoms with Crippen LogP contribution < -0.4 is 21.7 Å². The Labute approximate surface area is 159 Å². The van der Waals surface area contributed by atoms with E-state index in [4.69, 9.17) is 4.98 Å². The van der Waals surface area contributed by atoms with E-state index < -0.39 is 11.2 Å². The van der Waals surface area contributed by atoms with Gasteiger partial charge in [0.1, 0.15) is 11.6 Å². The van der Waals surface area contributed by atoms with Crippen LogP contribution in [0.5, 0.6) is 0 Å². The van der Waals surface area contributed by atoms with Gasteiger partial charge in [0.15, 0.2) is 0 Å². The van der Waals surface area contributed by atoms with Crippen molar-refractivity contribution in [3.63, 3.8) is 0 Å². The van der Waals surface area contributed by atoms with Crippen LogP contribution in [0.2, 0.25) is 0 Å². The molecule has 1 saturated heterocycles. The molecule has 9 nitrogen and oxygen atoms in total. The highest BCUT2D eigenvalue weighted by atomic mass is 16.3. The molecule has 3 heterocycles. The van der Waals surface area contributed by atoms with E-state index in [1.165, 1.54) is 17.7 Å². The second-order valence-corrected chi connectivity index (χ2v) is 6.88. The van der Waals surface area contributed by atoms with Crippen LogP contribution in [0.3, 0.4) is 0 Å². The fourth-order valence-electron chi connectivity index (χ4n) is 3.78. The first-order valence-corrected chi connectivity index (χ1v) is 9.18. The summed E-state index contributed by atoms with van der Waals surface area (Å²) >= 11 is 0. The predicted molar refractivity (Wildman–Crippen MR) is 105 cm³/mol. The molecule has 0 saturated carbocycles. The van der Waals surface area contributed by atoms with Gasteiger partial charge in [-0.25, -0.2) is 9.78 Å². The van der Waals surface area contributed by atoms with Gasteiger partial charge < -0.3 is 10.0 Å². The summed E-state index contributed by atoms with van der Waals surface area (Å²) in [5, 5.41) is 9.97. The number of fused-ring (bicyclic) bond motifs is 1. The lowest BCUT2D eigenvalue weighted by molar-refractivity contribution is 0.270. The number of aliphatic hydroxyl groups is 1. The van der Waals surface area contributed by atoms with Gasteiger partial charge in [0.25, 0.3) is 11.1 Å². The van der Waals surface area contributed by atoms with Gasteiger partial charge in [0.05, 0.1) is 30.1 Å². The quantitative estimate of drug-likeness (QED) is 0.662. The van der Waals surface area contributed by atoms with E-state index in [1.807, 2.05) is 11.0 Å². The number of hydrogen-bond acceptors (Lipinski definition) is 6. The van der Waals surface area contributed by atoms with Crippen molar-refractivity contribution < 1.29 is 5.11 Å². The monoisotopic (exact) mass is 383 g/mol. The lowest BCUT2D eigenvalue weighted by atomic mass is 10.1. The molecule has 28 heavy (non-hydrogen) atoms. The van der Waals surface area contributed by atoms with E-state index in [0.29, 0.717) is 35.5 Å². The summed E-state index contributed by atoms with van der Waals surface area (Å²) in [5.74, 6) is 0.935.